The van der Waals surface area contributed by atoms with Gasteiger partial charge in [0.15, 0.2) is 0 Å². The second-order valence-corrected chi connectivity index (χ2v) is 5.23. The number of hydrogen-bond acceptors (Lipinski definition) is 2. The van der Waals surface area contributed by atoms with Crippen LogP contribution in [-0.4, -0.2) is 12.2 Å². The molecule has 1 saturated heterocycles. The second kappa shape index (κ2) is 5.19. The summed E-state index contributed by atoms with van der Waals surface area (Å²) in [4.78, 5) is 0. The zero-order chi connectivity index (χ0) is 12.3. The number of benzene rings is 1. The van der Waals surface area contributed by atoms with Gasteiger partial charge < -0.3 is 10.5 Å². The fourth-order valence-corrected chi connectivity index (χ4v) is 2.58. The first-order valence-electron chi connectivity index (χ1n) is 6.64. The molecule has 1 aromatic rings. The lowest BCUT2D eigenvalue weighted by atomic mass is 9.88. The van der Waals surface area contributed by atoms with Gasteiger partial charge in [-0.25, -0.2) is 0 Å². The highest BCUT2D eigenvalue weighted by atomic mass is 16.5. The third kappa shape index (κ3) is 2.70. The van der Waals surface area contributed by atoms with E-state index in [1.54, 1.807) is 0 Å². The molecular weight excluding hydrogens is 210 g/mol. The van der Waals surface area contributed by atoms with E-state index < -0.39 is 0 Å². The minimum Gasteiger partial charge on any atom is -0.373 e. The topological polar surface area (TPSA) is 35.2 Å². The fraction of sp³-hybridized carbons (Fsp3) is 0.600. The molecule has 0 radical (unpaired) electrons. The van der Waals surface area contributed by atoms with Crippen molar-refractivity contribution in [1.29, 1.82) is 0 Å². The molecule has 2 atom stereocenters. The quantitative estimate of drug-likeness (QED) is 0.866. The van der Waals surface area contributed by atoms with Crippen molar-refractivity contribution >= 4 is 0 Å². The van der Waals surface area contributed by atoms with Crippen LogP contribution in [0.3, 0.4) is 0 Å². The van der Waals surface area contributed by atoms with Crippen molar-refractivity contribution in [3.63, 3.8) is 0 Å². The molecule has 2 nitrogen and oxygen atoms in total. The van der Waals surface area contributed by atoms with E-state index in [-0.39, 0.29) is 11.6 Å². The molecule has 1 aromatic carbocycles. The molecule has 2 N–H and O–H groups in total. The Morgan fingerprint density at radius 2 is 2.06 bits per heavy atom. The fourth-order valence-electron chi connectivity index (χ4n) is 2.58. The summed E-state index contributed by atoms with van der Waals surface area (Å²) < 4.78 is 5.81. The van der Waals surface area contributed by atoms with E-state index in [4.69, 9.17) is 10.5 Å². The number of ether oxygens (including phenoxy) is 1. The maximum atomic E-state index is 6.33. The van der Waals surface area contributed by atoms with Gasteiger partial charge in [0.05, 0.1) is 11.6 Å². The third-order valence-corrected chi connectivity index (χ3v) is 3.78. The van der Waals surface area contributed by atoms with Gasteiger partial charge in [-0.05, 0) is 37.3 Å². The summed E-state index contributed by atoms with van der Waals surface area (Å²) in [7, 11) is 0. The molecular formula is C15H23NO. The van der Waals surface area contributed by atoms with E-state index in [2.05, 4.69) is 38.1 Å². The maximum absolute atomic E-state index is 6.33. The van der Waals surface area contributed by atoms with Crippen molar-refractivity contribution in [2.75, 3.05) is 6.61 Å². The minimum absolute atomic E-state index is 0.0133. The van der Waals surface area contributed by atoms with Gasteiger partial charge in [-0.2, -0.15) is 0 Å². The molecule has 17 heavy (non-hydrogen) atoms. The molecule has 1 aliphatic rings. The molecule has 0 saturated carbocycles. The molecule has 0 amide bonds. The summed E-state index contributed by atoms with van der Waals surface area (Å²) in [6.07, 6.45) is 4.51. The van der Waals surface area contributed by atoms with Gasteiger partial charge in [0.25, 0.3) is 0 Å². The zero-order valence-electron chi connectivity index (χ0n) is 10.9. The summed E-state index contributed by atoms with van der Waals surface area (Å²) in [5.41, 5.74) is 8.74. The first kappa shape index (κ1) is 12.6. The highest BCUT2D eigenvalue weighted by Crippen LogP contribution is 2.35. The van der Waals surface area contributed by atoms with E-state index >= 15 is 0 Å². The molecule has 2 unspecified atom stereocenters. The molecule has 2 heteroatoms. The highest BCUT2D eigenvalue weighted by Gasteiger charge is 2.36. The predicted octanol–water partition coefficient (Wildman–Crippen LogP) is 3.21. The van der Waals surface area contributed by atoms with Gasteiger partial charge in [-0.1, -0.05) is 37.6 Å². The molecule has 0 aromatic heterocycles. The molecule has 0 bridgehead atoms. The number of rotatable bonds is 4. The van der Waals surface area contributed by atoms with Crippen LogP contribution in [0.15, 0.2) is 24.3 Å². The van der Waals surface area contributed by atoms with Crippen LogP contribution in [0.4, 0.5) is 0 Å². The summed E-state index contributed by atoms with van der Waals surface area (Å²) in [6.45, 7) is 5.18. The highest BCUT2D eigenvalue weighted by molar-refractivity contribution is 5.27. The normalized spacial score (nSPS) is 26.1. The zero-order valence-corrected chi connectivity index (χ0v) is 10.9. The van der Waals surface area contributed by atoms with Crippen molar-refractivity contribution in [3.05, 3.63) is 35.4 Å². The largest absolute Gasteiger partial charge is 0.373 e. The van der Waals surface area contributed by atoms with Crippen LogP contribution in [0, 0.1) is 0 Å². The van der Waals surface area contributed by atoms with Crippen LogP contribution in [0.5, 0.6) is 0 Å². The average molecular weight is 233 g/mol. The van der Waals surface area contributed by atoms with Gasteiger partial charge in [0, 0.05) is 6.61 Å². The molecule has 1 aliphatic heterocycles. The van der Waals surface area contributed by atoms with Crippen LogP contribution in [0.1, 0.15) is 50.3 Å². The van der Waals surface area contributed by atoms with Crippen LogP contribution in [0.25, 0.3) is 0 Å². The van der Waals surface area contributed by atoms with Crippen LogP contribution in [0.2, 0.25) is 0 Å². The van der Waals surface area contributed by atoms with Gasteiger partial charge in [0.1, 0.15) is 0 Å². The number of nitrogens with two attached hydrogens (primary N) is 1. The smallest absolute Gasteiger partial charge is 0.0847 e. The summed E-state index contributed by atoms with van der Waals surface area (Å²) in [6, 6.07) is 8.68. The Morgan fingerprint density at radius 3 is 2.59 bits per heavy atom. The molecule has 1 heterocycles. The Labute approximate surface area is 104 Å². The van der Waals surface area contributed by atoms with Gasteiger partial charge in [-0.15, -0.1) is 0 Å². The van der Waals surface area contributed by atoms with Crippen LogP contribution >= 0.6 is 0 Å². The monoisotopic (exact) mass is 233 g/mol. The third-order valence-electron chi connectivity index (χ3n) is 3.78. The van der Waals surface area contributed by atoms with Crippen molar-refractivity contribution in [2.45, 2.75) is 51.2 Å². The average Bonchev–Trinajstić information content (AvgIpc) is 2.78. The first-order valence-corrected chi connectivity index (χ1v) is 6.64. The van der Waals surface area contributed by atoms with E-state index in [0.29, 0.717) is 0 Å². The van der Waals surface area contributed by atoms with Crippen molar-refractivity contribution in [2.24, 2.45) is 5.73 Å². The molecule has 0 aliphatic carbocycles. The molecule has 94 valence electrons. The Bertz CT molecular complexity index is 352. The Morgan fingerprint density at radius 1 is 1.35 bits per heavy atom. The van der Waals surface area contributed by atoms with Gasteiger partial charge in [-0.3, -0.25) is 0 Å². The molecule has 1 fully saturated rings. The molecule has 2 rings (SSSR count). The standard InChI is InChI=1S/C15H23NO/c1-3-5-12-6-8-13(9-7-12)14(16)15(2)10-4-11-17-15/h6-9,14H,3-5,10-11,16H2,1-2H3. The first-order chi connectivity index (χ1) is 8.15. The predicted molar refractivity (Wildman–Crippen MR) is 71.0 cm³/mol. The Hall–Kier alpha value is -0.860. The lowest BCUT2D eigenvalue weighted by Gasteiger charge is -2.30. The van der Waals surface area contributed by atoms with Gasteiger partial charge >= 0.3 is 0 Å². The molecule has 0 spiro atoms. The van der Waals surface area contributed by atoms with Crippen molar-refractivity contribution in [1.82, 2.24) is 0 Å². The number of hydrogen-bond donors (Lipinski definition) is 1. The lowest BCUT2D eigenvalue weighted by Crippen LogP contribution is -2.37. The van der Waals surface area contributed by atoms with Crippen LogP contribution < -0.4 is 5.73 Å². The second-order valence-electron chi connectivity index (χ2n) is 5.23. The summed E-state index contributed by atoms with van der Waals surface area (Å²) >= 11 is 0. The maximum Gasteiger partial charge on any atom is 0.0847 e. The van der Waals surface area contributed by atoms with Crippen molar-refractivity contribution in [3.8, 4) is 0 Å². The Balaban J connectivity index is 2.11. The van der Waals surface area contributed by atoms with Crippen LogP contribution in [-0.2, 0) is 11.2 Å². The van der Waals surface area contributed by atoms with Gasteiger partial charge in [0.2, 0.25) is 0 Å². The lowest BCUT2D eigenvalue weighted by molar-refractivity contribution is -0.00173. The van der Waals surface area contributed by atoms with E-state index in [9.17, 15) is 0 Å². The Kier molecular flexibility index (Phi) is 3.85. The summed E-state index contributed by atoms with van der Waals surface area (Å²) in [5.74, 6) is 0. The van der Waals surface area contributed by atoms with E-state index in [0.717, 1.165) is 25.9 Å². The van der Waals surface area contributed by atoms with E-state index in [1.807, 2.05) is 0 Å². The summed E-state index contributed by atoms with van der Waals surface area (Å²) in [5, 5.41) is 0. The minimum atomic E-state index is -0.174. The van der Waals surface area contributed by atoms with Crippen molar-refractivity contribution < 1.29 is 4.74 Å². The number of aryl methyl sites for hydroxylation is 1. The van der Waals surface area contributed by atoms with E-state index in [1.165, 1.54) is 17.5 Å². The SMILES string of the molecule is CCCc1ccc(C(N)C2(C)CCCO2)cc1.